The highest BCUT2D eigenvalue weighted by Crippen LogP contribution is 2.27. The van der Waals surface area contributed by atoms with Crippen LogP contribution in [0, 0.1) is 29.6 Å². The molecule has 0 saturated heterocycles. The van der Waals surface area contributed by atoms with E-state index in [1.165, 1.54) is 0 Å². The average molecular weight is 384 g/mol. The molecule has 29 heavy (non-hydrogen) atoms. The van der Waals surface area contributed by atoms with Crippen LogP contribution in [-0.2, 0) is 19.8 Å². The van der Waals surface area contributed by atoms with Gasteiger partial charge in [0, 0.05) is 29.6 Å². The molecule has 2 aromatic carbocycles. The third kappa shape index (κ3) is 4.90. The third-order valence-electron chi connectivity index (χ3n) is 4.50. The molecule has 0 fully saturated rings. The Morgan fingerprint density at radius 3 is 2.52 bits per heavy atom. The zero-order chi connectivity index (χ0) is 20.6. The lowest BCUT2D eigenvalue weighted by atomic mass is 10.1. The molecule has 3 rings (SSSR count). The summed E-state index contributed by atoms with van der Waals surface area (Å²) in [4.78, 5) is 4.33. The number of nitrogens with zero attached hydrogens (tertiary/aromatic N) is 3. The molecule has 0 amide bonds. The van der Waals surface area contributed by atoms with Gasteiger partial charge in [-0.2, -0.15) is 10.5 Å². The Hall–Kier alpha value is -3.87. The number of rotatable bonds is 7. The lowest BCUT2D eigenvalue weighted by Gasteiger charge is -2.18. The normalized spacial score (nSPS) is 10.1. The molecule has 1 heterocycles. The smallest absolute Gasteiger partial charge is 0.146 e. The van der Waals surface area contributed by atoms with Crippen LogP contribution < -0.4 is 10.1 Å². The van der Waals surface area contributed by atoms with Crippen molar-refractivity contribution in [3.8, 4) is 17.9 Å². The van der Waals surface area contributed by atoms with E-state index in [1.807, 2.05) is 31.2 Å². The van der Waals surface area contributed by atoms with Crippen LogP contribution in [0.1, 0.15) is 33.5 Å². The first-order chi connectivity index (χ1) is 14.1. The van der Waals surface area contributed by atoms with Gasteiger partial charge in [-0.15, -0.1) is 0 Å². The maximum atomic E-state index is 9.76. The fraction of sp³-hybridized carbons (Fsp3) is 0.174. The number of aliphatic hydroxyl groups is 1. The van der Waals surface area contributed by atoms with E-state index >= 15 is 0 Å². The first-order valence-electron chi connectivity index (χ1n) is 9.08. The van der Waals surface area contributed by atoms with Crippen molar-refractivity contribution in [2.24, 2.45) is 0 Å². The molecule has 0 saturated carbocycles. The summed E-state index contributed by atoms with van der Waals surface area (Å²) in [5.41, 5.74) is 5.12. The molecule has 0 aliphatic rings. The van der Waals surface area contributed by atoms with Crippen LogP contribution >= 0.6 is 0 Å². The molecule has 0 aliphatic carbocycles. The molecule has 2 N–H and O–H groups in total. The summed E-state index contributed by atoms with van der Waals surface area (Å²) in [6.45, 7) is 2.42. The fourth-order valence-corrected chi connectivity index (χ4v) is 2.94. The number of nitrogens with one attached hydrogen (secondary N) is 1. The summed E-state index contributed by atoms with van der Waals surface area (Å²) in [6, 6.07) is 18.6. The van der Waals surface area contributed by atoms with E-state index in [0.29, 0.717) is 29.0 Å². The second-order valence-electron chi connectivity index (χ2n) is 6.48. The summed E-state index contributed by atoms with van der Waals surface area (Å²) >= 11 is 0. The minimum absolute atomic E-state index is 0.155. The van der Waals surface area contributed by atoms with E-state index in [9.17, 15) is 5.11 Å². The van der Waals surface area contributed by atoms with Crippen LogP contribution in [-0.4, -0.2) is 10.1 Å². The SMILES string of the molecule is Cc1ncc(CO)c(CNc2ccc(C#N)cc2)c1OCc1cccc(C#N)c1. The predicted octanol–water partition coefficient (Wildman–Crippen LogP) is 3.82. The second-order valence-corrected chi connectivity index (χ2v) is 6.48. The topological polar surface area (TPSA) is 102 Å². The van der Waals surface area contributed by atoms with Crippen molar-refractivity contribution in [3.63, 3.8) is 0 Å². The van der Waals surface area contributed by atoms with E-state index in [4.69, 9.17) is 15.3 Å². The van der Waals surface area contributed by atoms with Crippen molar-refractivity contribution in [1.29, 1.82) is 10.5 Å². The number of ether oxygens (including phenoxy) is 1. The van der Waals surface area contributed by atoms with Gasteiger partial charge in [-0.05, 0) is 48.9 Å². The number of aryl methyl sites for hydroxylation is 1. The Kier molecular flexibility index (Phi) is 6.42. The van der Waals surface area contributed by atoms with E-state index in [-0.39, 0.29) is 13.2 Å². The highest BCUT2D eigenvalue weighted by atomic mass is 16.5. The Balaban J connectivity index is 1.82. The molecule has 6 heteroatoms. The average Bonchev–Trinajstić information content (AvgIpc) is 2.77. The third-order valence-corrected chi connectivity index (χ3v) is 4.50. The standard InChI is InChI=1S/C23H20N4O2/c1-16-23(29-15-19-4-2-3-18(9-19)11-25)22(20(14-28)12-26-16)13-27-21-7-5-17(10-24)6-8-21/h2-9,12,27-28H,13-15H2,1H3. The van der Waals surface area contributed by atoms with Gasteiger partial charge < -0.3 is 15.2 Å². The number of aliphatic hydroxyl groups excluding tert-OH is 1. The van der Waals surface area contributed by atoms with Crippen molar-refractivity contribution in [3.05, 3.63) is 88.2 Å². The van der Waals surface area contributed by atoms with Crippen LogP contribution in [0.25, 0.3) is 0 Å². The molecular formula is C23H20N4O2. The summed E-state index contributed by atoms with van der Waals surface area (Å²) in [5, 5.41) is 31.0. The van der Waals surface area contributed by atoms with Crippen LogP contribution in [0.3, 0.4) is 0 Å². The fourth-order valence-electron chi connectivity index (χ4n) is 2.94. The Labute approximate surface area is 169 Å². The van der Waals surface area contributed by atoms with Crippen LogP contribution in [0.5, 0.6) is 5.75 Å². The highest BCUT2D eigenvalue weighted by molar-refractivity contribution is 5.50. The maximum Gasteiger partial charge on any atom is 0.146 e. The van der Waals surface area contributed by atoms with E-state index in [1.54, 1.807) is 30.5 Å². The number of anilines is 1. The summed E-state index contributed by atoms with van der Waals surface area (Å²) in [5.74, 6) is 0.611. The lowest BCUT2D eigenvalue weighted by Crippen LogP contribution is -2.09. The van der Waals surface area contributed by atoms with Crippen molar-refractivity contribution in [2.75, 3.05) is 5.32 Å². The van der Waals surface area contributed by atoms with Gasteiger partial charge in [-0.25, -0.2) is 0 Å². The zero-order valence-corrected chi connectivity index (χ0v) is 16.0. The molecule has 0 radical (unpaired) electrons. The lowest BCUT2D eigenvalue weighted by molar-refractivity contribution is 0.273. The highest BCUT2D eigenvalue weighted by Gasteiger charge is 2.14. The Morgan fingerprint density at radius 1 is 1.07 bits per heavy atom. The molecule has 0 spiro atoms. The minimum atomic E-state index is -0.155. The number of hydrogen-bond acceptors (Lipinski definition) is 6. The number of benzene rings is 2. The first-order valence-corrected chi connectivity index (χ1v) is 9.08. The molecule has 144 valence electrons. The van der Waals surface area contributed by atoms with E-state index < -0.39 is 0 Å². The van der Waals surface area contributed by atoms with Gasteiger partial charge in [0.1, 0.15) is 12.4 Å². The van der Waals surface area contributed by atoms with Gasteiger partial charge >= 0.3 is 0 Å². The minimum Gasteiger partial charge on any atom is -0.487 e. The van der Waals surface area contributed by atoms with Crippen LogP contribution in [0.2, 0.25) is 0 Å². The van der Waals surface area contributed by atoms with Gasteiger partial charge in [0.05, 0.1) is 35.6 Å². The van der Waals surface area contributed by atoms with Crippen molar-refractivity contribution < 1.29 is 9.84 Å². The molecule has 0 unspecified atom stereocenters. The molecule has 0 atom stereocenters. The largest absolute Gasteiger partial charge is 0.487 e. The Morgan fingerprint density at radius 2 is 1.83 bits per heavy atom. The molecule has 0 aliphatic heterocycles. The van der Waals surface area contributed by atoms with Gasteiger partial charge in [0.25, 0.3) is 0 Å². The number of pyridine rings is 1. The molecule has 6 nitrogen and oxygen atoms in total. The van der Waals surface area contributed by atoms with E-state index in [0.717, 1.165) is 22.5 Å². The maximum absolute atomic E-state index is 9.76. The summed E-state index contributed by atoms with van der Waals surface area (Å²) in [7, 11) is 0. The molecule has 0 bridgehead atoms. The Bertz CT molecular complexity index is 1080. The molecule has 1 aromatic heterocycles. The molecular weight excluding hydrogens is 364 g/mol. The monoisotopic (exact) mass is 384 g/mol. The van der Waals surface area contributed by atoms with E-state index in [2.05, 4.69) is 22.4 Å². The summed E-state index contributed by atoms with van der Waals surface area (Å²) in [6.07, 6.45) is 1.65. The summed E-state index contributed by atoms with van der Waals surface area (Å²) < 4.78 is 6.05. The number of aromatic nitrogens is 1. The van der Waals surface area contributed by atoms with Gasteiger partial charge in [0.2, 0.25) is 0 Å². The van der Waals surface area contributed by atoms with Gasteiger partial charge in [0.15, 0.2) is 0 Å². The second kappa shape index (κ2) is 9.36. The van der Waals surface area contributed by atoms with Crippen LogP contribution in [0.15, 0.2) is 54.7 Å². The van der Waals surface area contributed by atoms with Crippen molar-refractivity contribution in [1.82, 2.24) is 4.98 Å². The van der Waals surface area contributed by atoms with Gasteiger partial charge in [-0.1, -0.05) is 12.1 Å². The number of nitriles is 2. The van der Waals surface area contributed by atoms with Crippen LogP contribution in [0.4, 0.5) is 5.69 Å². The zero-order valence-electron chi connectivity index (χ0n) is 16.0. The van der Waals surface area contributed by atoms with Crippen molar-refractivity contribution >= 4 is 5.69 Å². The van der Waals surface area contributed by atoms with Gasteiger partial charge in [-0.3, -0.25) is 4.98 Å². The first kappa shape index (κ1) is 19.9. The number of hydrogen-bond donors (Lipinski definition) is 2. The van der Waals surface area contributed by atoms with Crippen molar-refractivity contribution in [2.45, 2.75) is 26.7 Å². The predicted molar refractivity (Wildman–Crippen MR) is 109 cm³/mol. The molecule has 3 aromatic rings. The quantitative estimate of drug-likeness (QED) is 0.642.